The highest BCUT2D eigenvalue weighted by molar-refractivity contribution is 5.34. The van der Waals surface area contributed by atoms with Crippen LogP contribution in [0.3, 0.4) is 0 Å². The van der Waals surface area contributed by atoms with Crippen LogP contribution >= 0.6 is 0 Å². The zero-order valence-electron chi connectivity index (χ0n) is 9.22. The average molecular weight is 199 g/mol. The standard InChI is InChI=1S/C14H17N/c1-2-3-6-11-15-14-10-9-12-7-4-5-8-13(12)14/h4-5,7-8,14-15H,6,9-11H2,1H3. The van der Waals surface area contributed by atoms with E-state index in [9.17, 15) is 0 Å². The molecule has 0 aliphatic heterocycles. The fourth-order valence-corrected chi connectivity index (χ4v) is 2.20. The van der Waals surface area contributed by atoms with Crippen molar-refractivity contribution in [1.29, 1.82) is 0 Å². The Labute approximate surface area is 91.9 Å². The van der Waals surface area contributed by atoms with E-state index in [1.807, 2.05) is 6.92 Å². The van der Waals surface area contributed by atoms with Gasteiger partial charge in [0.1, 0.15) is 0 Å². The van der Waals surface area contributed by atoms with Gasteiger partial charge >= 0.3 is 0 Å². The number of hydrogen-bond donors (Lipinski definition) is 1. The molecule has 0 radical (unpaired) electrons. The molecule has 0 fully saturated rings. The maximum Gasteiger partial charge on any atom is 0.0326 e. The van der Waals surface area contributed by atoms with Gasteiger partial charge < -0.3 is 5.32 Å². The van der Waals surface area contributed by atoms with Crippen molar-refractivity contribution in [1.82, 2.24) is 5.32 Å². The van der Waals surface area contributed by atoms with E-state index < -0.39 is 0 Å². The first-order chi connectivity index (χ1) is 7.42. The summed E-state index contributed by atoms with van der Waals surface area (Å²) < 4.78 is 0. The molecule has 0 bridgehead atoms. The highest BCUT2D eigenvalue weighted by Gasteiger charge is 2.20. The van der Waals surface area contributed by atoms with Gasteiger partial charge in [0.2, 0.25) is 0 Å². The van der Waals surface area contributed by atoms with Gasteiger partial charge in [-0.2, -0.15) is 0 Å². The molecule has 1 aliphatic carbocycles. The summed E-state index contributed by atoms with van der Waals surface area (Å²) in [7, 11) is 0. The quantitative estimate of drug-likeness (QED) is 0.583. The minimum absolute atomic E-state index is 0.555. The molecule has 78 valence electrons. The molecular weight excluding hydrogens is 182 g/mol. The van der Waals surface area contributed by atoms with Gasteiger partial charge in [0.25, 0.3) is 0 Å². The van der Waals surface area contributed by atoms with Gasteiger partial charge in [-0.1, -0.05) is 24.3 Å². The molecule has 0 spiro atoms. The molecule has 1 nitrogen and oxygen atoms in total. The van der Waals surface area contributed by atoms with Crippen molar-refractivity contribution in [3.05, 3.63) is 35.4 Å². The summed E-state index contributed by atoms with van der Waals surface area (Å²) in [5, 5.41) is 3.57. The molecule has 1 aliphatic rings. The molecule has 2 rings (SSSR count). The Hall–Kier alpha value is -1.26. The van der Waals surface area contributed by atoms with Gasteiger partial charge in [0.05, 0.1) is 0 Å². The molecule has 0 saturated carbocycles. The van der Waals surface area contributed by atoms with E-state index in [1.54, 1.807) is 0 Å². The zero-order chi connectivity index (χ0) is 10.5. The first kappa shape index (κ1) is 10.3. The molecule has 0 amide bonds. The zero-order valence-corrected chi connectivity index (χ0v) is 9.22. The molecule has 1 heteroatoms. The molecule has 0 aromatic heterocycles. The predicted octanol–water partition coefficient (Wildman–Crippen LogP) is 2.68. The smallest absolute Gasteiger partial charge is 0.0326 e. The van der Waals surface area contributed by atoms with Gasteiger partial charge in [-0.05, 0) is 30.9 Å². The molecular formula is C14H17N. The molecule has 1 N–H and O–H groups in total. The van der Waals surface area contributed by atoms with E-state index in [0.717, 1.165) is 13.0 Å². The Morgan fingerprint density at radius 2 is 2.27 bits per heavy atom. The largest absolute Gasteiger partial charge is 0.309 e. The fourth-order valence-electron chi connectivity index (χ4n) is 2.20. The number of rotatable bonds is 3. The second-order valence-electron chi connectivity index (χ2n) is 3.92. The van der Waals surface area contributed by atoms with Crippen molar-refractivity contribution >= 4 is 0 Å². The Balaban J connectivity index is 1.92. The summed E-state index contributed by atoms with van der Waals surface area (Å²) in [5.41, 5.74) is 3.00. The van der Waals surface area contributed by atoms with Gasteiger partial charge in [-0.25, -0.2) is 0 Å². The lowest BCUT2D eigenvalue weighted by molar-refractivity contribution is 0.539. The summed E-state index contributed by atoms with van der Waals surface area (Å²) in [5.74, 6) is 6.01. The molecule has 0 heterocycles. The average Bonchev–Trinajstić information content (AvgIpc) is 2.68. The fraction of sp³-hybridized carbons (Fsp3) is 0.429. The van der Waals surface area contributed by atoms with E-state index in [-0.39, 0.29) is 0 Å². The lowest BCUT2D eigenvalue weighted by Gasteiger charge is -2.12. The van der Waals surface area contributed by atoms with Crippen LogP contribution in [0.15, 0.2) is 24.3 Å². The molecule has 1 unspecified atom stereocenters. The minimum Gasteiger partial charge on any atom is -0.309 e. The molecule has 1 aromatic carbocycles. The van der Waals surface area contributed by atoms with Gasteiger partial charge in [0.15, 0.2) is 0 Å². The lowest BCUT2D eigenvalue weighted by atomic mass is 10.1. The number of fused-ring (bicyclic) bond motifs is 1. The van der Waals surface area contributed by atoms with Crippen LogP contribution < -0.4 is 5.32 Å². The first-order valence-corrected chi connectivity index (χ1v) is 5.62. The highest BCUT2D eigenvalue weighted by atomic mass is 14.9. The minimum atomic E-state index is 0.555. The van der Waals surface area contributed by atoms with Crippen LogP contribution in [0.25, 0.3) is 0 Å². The Bertz CT molecular complexity index is 384. The topological polar surface area (TPSA) is 12.0 Å². The molecule has 1 atom stereocenters. The molecule has 1 aromatic rings. The summed E-state index contributed by atoms with van der Waals surface area (Å²) in [6.07, 6.45) is 3.40. The highest BCUT2D eigenvalue weighted by Crippen LogP contribution is 2.30. The van der Waals surface area contributed by atoms with Crippen LogP contribution in [-0.4, -0.2) is 6.54 Å². The van der Waals surface area contributed by atoms with Crippen LogP contribution in [0.5, 0.6) is 0 Å². The third kappa shape index (κ3) is 2.40. The summed E-state index contributed by atoms with van der Waals surface area (Å²) in [6, 6.07) is 9.29. The van der Waals surface area contributed by atoms with Crippen molar-refractivity contribution < 1.29 is 0 Å². The predicted molar refractivity (Wildman–Crippen MR) is 63.6 cm³/mol. The summed E-state index contributed by atoms with van der Waals surface area (Å²) in [6.45, 7) is 2.89. The van der Waals surface area contributed by atoms with Crippen molar-refractivity contribution in [3.8, 4) is 11.8 Å². The van der Waals surface area contributed by atoms with Gasteiger partial charge in [-0.15, -0.1) is 11.8 Å². The Kier molecular flexibility index (Phi) is 3.42. The van der Waals surface area contributed by atoms with E-state index in [1.165, 1.54) is 24.0 Å². The molecule has 15 heavy (non-hydrogen) atoms. The summed E-state index contributed by atoms with van der Waals surface area (Å²) in [4.78, 5) is 0. The second-order valence-corrected chi connectivity index (χ2v) is 3.92. The second kappa shape index (κ2) is 5.00. The number of benzene rings is 1. The Morgan fingerprint density at radius 3 is 3.13 bits per heavy atom. The van der Waals surface area contributed by atoms with Crippen LogP contribution in [0.4, 0.5) is 0 Å². The maximum atomic E-state index is 3.57. The van der Waals surface area contributed by atoms with Crippen LogP contribution in [0.1, 0.15) is 36.9 Å². The van der Waals surface area contributed by atoms with Crippen LogP contribution in [0.2, 0.25) is 0 Å². The van der Waals surface area contributed by atoms with Crippen molar-refractivity contribution in [2.24, 2.45) is 0 Å². The number of aryl methyl sites for hydroxylation is 1. The van der Waals surface area contributed by atoms with Crippen LogP contribution in [0, 0.1) is 11.8 Å². The summed E-state index contributed by atoms with van der Waals surface area (Å²) >= 11 is 0. The SMILES string of the molecule is CC#CCCNC1CCc2ccccc21. The van der Waals surface area contributed by atoms with E-state index >= 15 is 0 Å². The molecule has 0 saturated heterocycles. The van der Waals surface area contributed by atoms with Crippen LogP contribution in [-0.2, 0) is 6.42 Å². The van der Waals surface area contributed by atoms with Gasteiger partial charge in [0, 0.05) is 19.0 Å². The first-order valence-electron chi connectivity index (χ1n) is 5.62. The third-order valence-electron chi connectivity index (χ3n) is 2.95. The van der Waals surface area contributed by atoms with Crippen molar-refractivity contribution in [3.63, 3.8) is 0 Å². The third-order valence-corrected chi connectivity index (χ3v) is 2.95. The monoisotopic (exact) mass is 199 g/mol. The number of hydrogen-bond acceptors (Lipinski definition) is 1. The van der Waals surface area contributed by atoms with E-state index in [0.29, 0.717) is 6.04 Å². The van der Waals surface area contributed by atoms with E-state index in [4.69, 9.17) is 0 Å². The normalized spacial score (nSPS) is 18.1. The lowest BCUT2D eigenvalue weighted by Crippen LogP contribution is -2.19. The number of nitrogens with one attached hydrogen (secondary N) is 1. The van der Waals surface area contributed by atoms with Crippen molar-refractivity contribution in [2.45, 2.75) is 32.2 Å². The van der Waals surface area contributed by atoms with Gasteiger partial charge in [-0.3, -0.25) is 0 Å². The van der Waals surface area contributed by atoms with E-state index in [2.05, 4.69) is 41.4 Å². The Morgan fingerprint density at radius 1 is 1.40 bits per heavy atom. The van der Waals surface area contributed by atoms with Crippen molar-refractivity contribution in [2.75, 3.05) is 6.54 Å². The maximum absolute atomic E-state index is 3.57.